The minimum atomic E-state index is 0.651. The van der Waals surface area contributed by atoms with Gasteiger partial charge < -0.3 is 5.73 Å². The molecule has 94 valence electrons. The van der Waals surface area contributed by atoms with Crippen LogP contribution in [-0.2, 0) is 13.1 Å². The predicted molar refractivity (Wildman–Crippen MR) is 72.7 cm³/mol. The largest absolute Gasteiger partial charge is 0.326 e. The van der Waals surface area contributed by atoms with Crippen LogP contribution in [0.1, 0.15) is 43.7 Å². The summed E-state index contributed by atoms with van der Waals surface area (Å²) in [7, 11) is 0. The van der Waals surface area contributed by atoms with Gasteiger partial charge in [0, 0.05) is 19.1 Å². The summed E-state index contributed by atoms with van der Waals surface area (Å²) in [6.07, 6.45) is 5.45. The highest BCUT2D eigenvalue weighted by Gasteiger charge is 2.17. The average Bonchev–Trinajstić information content (AvgIpc) is 2.56. The molecule has 1 saturated heterocycles. The van der Waals surface area contributed by atoms with Gasteiger partial charge in [-0.25, -0.2) is 0 Å². The molecule has 0 saturated carbocycles. The second-order valence-electron chi connectivity index (χ2n) is 5.14. The van der Waals surface area contributed by atoms with Gasteiger partial charge in [-0.1, -0.05) is 37.1 Å². The Kier molecular flexibility index (Phi) is 4.57. The number of hydrogen-bond acceptors (Lipinski definition) is 2. The Morgan fingerprint density at radius 3 is 2.71 bits per heavy atom. The van der Waals surface area contributed by atoms with Crippen LogP contribution in [0.3, 0.4) is 0 Å². The Morgan fingerprint density at radius 2 is 1.94 bits per heavy atom. The molecule has 1 aromatic carbocycles. The smallest absolute Gasteiger partial charge is 0.0239 e. The molecular weight excluding hydrogens is 208 g/mol. The zero-order chi connectivity index (χ0) is 12.1. The zero-order valence-electron chi connectivity index (χ0n) is 10.9. The quantitative estimate of drug-likeness (QED) is 0.868. The molecule has 1 aliphatic heterocycles. The SMILES string of the molecule is CC1CCCCCN1Cc1ccccc1CN. The molecule has 2 rings (SSSR count). The maximum absolute atomic E-state index is 5.80. The van der Waals surface area contributed by atoms with Crippen LogP contribution in [0.4, 0.5) is 0 Å². The Hall–Kier alpha value is -0.860. The lowest BCUT2D eigenvalue weighted by atomic mass is 10.1. The molecule has 0 amide bonds. The molecule has 0 aromatic heterocycles. The van der Waals surface area contributed by atoms with E-state index in [-0.39, 0.29) is 0 Å². The number of likely N-dealkylation sites (tertiary alicyclic amines) is 1. The normalized spacial score (nSPS) is 22.4. The van der Waals surface area contributed by atoms with Crippen molar-refractivity contribution in [3.8, 4) is 0 Å². The van der Waals surface area contributed by atoms with Crippen molar-refractivity contribution in [2.75, 3.05) is 6.54 Å². The van der Waals surface area contributed by atoms with E-state index in [9.17, 15) is 0 Å². The lowest BCUT2D eigenvalue weighted by Crippen LogP contribution is -2.32. The van der Waals surface area contributed by atoms with Gasteiger partial charge in [0.15, 0.2) is 0 Å². The second-order valence-corrected chi connectivity index (χ2v) is 5.14. The van der Waals surface area contributed by atoms with Gasteiger partial charge in [-0.2, -0.15) is 0 Å². The summed E-state index contributed by atoms with van der Waals surface area (Å²) in [5, 5.41) is 0. The molecule has 2 heteroatoms. The minimum Gasteiger partial charge on any atom is -0.326 e. The van der Waals surface area contributed by atoms with E-state index in [1.807, 2.05) is 0 Å². The molecular formula is C15H24N2. The summed E-state index contributed by atoms with van der Waals surface area (Å²) in [4.78, 5) is 2.61. The highest BCUT2D eigenvalue weighted by atomic mass is 15.1. The first-order valence-electron chi connectivity index (χ1n) is 6.82. The molecule has 1 atom stereocenters. The van der Waals surface area contributed by atoms with Gasteiger partial charge >= 0.3 is 0 Å². The molecule has 1 aromatic rings. The van der Waals surface area contributed by atoms with Crippen LogP contribution in [0, 0.1) is 0 Å². The molecule has 1 unspecified atom stereocenters. The van der Waals surface area contributed by atoms with Gasteiger partial charge in [-0.15, -0.1) is 0 Å². The first-order valence-corrected chi connectivity index (χ1v) is 6.82. The van der Waals surface area contributed by atoms with Crippen LogP contribution in [-0.4, -0.2) is 17.5 Å². The summed E-state index contributed by atoms with van der Waals surface area (Å²) < 4.78 is 0. The summed E-state index contributed by atoms with van der Waals surface area (Å²) >= 11 is 0. The average molecular weight is 232 g/mol. The number of rotatable bonds is 3. The zero-order valence-corrected chi connectivity index (χ0v) is 10.9. The fraction of sp³-hybridized carbons (Fsp3) is 0.600. The topological polar surface area (TPSA) is 29.3 Å². The van der Waals surface area contributed by atoms with Gasteiger partial charge in [0.2, 0.25) is 0 Å². The van der Waals surface area contributed by atoms with E-state index in [2.05, 4.69) is 36.1 Å². The molecule has 1 heterocycles. The van der Waals surface area contributed by atoms with E-state index in [0.29, 0.717) is 12.6 Å². The molecule has 0 spiro atoms. The molecule has 0 bridgehead atoms. The predicted octanol–water partition coefficient (Wildman–Crippen LogP) is 2.91. The minimum absolute atomic E-state index is 0.651. The van der Waals surface area contributed by atoms with E-state index in [0.717, 1.165) is 6.54 Å². The van der Waals surface area contributed by atoms with E-state index in [1.54, 1.807) is 0 Å². The summed E-state index contributed by atoms with van der Waals surface area (Å²) in [6.45, 7) is 5.31. The Bertz CT molecular complexity index is 349. The standard InChI is InChI=1S/C15H24N2/c1-13-7-3-2-6-10-17(13)12-15-9-5-4-8-14(15)11-16/h4-5,8-9,13H,2-3,6-7,10-12,16H2,1H3. The van der Waals surface area contributed by atoms with Gasteiger partial charge in [0.25, 0.3) is 0 Å². The van der Waals surface area contributed by atoms with E-state index >= 15 is 0 Å². The molecule has 2 nitrogen and oxygen atoms in total. The van der Waals surface area contributed by atoms with E-state index in [1.165, 1.54) is 43.4 Å². The molecule has 0 aliphatic carbocycles. The van der Waals surface area contributed by atoms with Gasteiger partial charge in [0.1, 0.15) is 0 Å². The van der Waals surface area contributed by atoms with Crippen molar-refractivity contribution < 1.29 is 0 Å². The summed E-state index contributed by atoms with van der Waals surface area (Å²) in [5.41, 5.74) is 8.50. The van der Waals surface area contributed by atoms with Crippen molar-refractivity contribution >= 4 is 0 Å². The van der Waals surface area contributed by atoms with Crippen molar-refractivity contribution in [3.63, 3.8) is 0 Å². The van der Waals surface area contributed by atoms with Crippen LogP contribution >= 0.6 is 0 Å². The van der Waals surface area contributed by atoms with Gasteiger partial charge in [0.05, 0.1) is 0 Å². The third-order valence-corrected chi connectivity index (χ3v) is 3.90. The first-order chi connectivity index (χ1) is 8.31. The highest BCUT2D eigenvalue weighted by molar-refractivity contribution is 5.26. The Labute approximate surface area is 105 Å². The maximum Gasteiger partial charge on any atom is 0.0239 e. The van der Waals surface area contributed by atoms with Crippen LogP contribution < -0.4 is 5.73 Å². The Morgan fingerprint density at radius 1 is 1.18 bits per heavy atom. The third kappa shape index (κ3) is 3.30. The molecule has 17 heavy (non-hydrogen) atoms. The summed E-state index contributed by atoms with van der Waals surface area (Å²) in [6, 6.07) is 9.29. The van der Waals surface area contributed by atoms with Crippen molar-refractivity contribution in [2.24, 2.45) is 5.73 Å². The molecule has 2 N–H and O–H groups in total. The molecule has 1 aliphatic rings. The summed E-state index contributed by atoms with van der Waals surface area (Å²) in [5.74, 6) is 0. The van der Waals surface area contributed by atoms with Gasteiger partial charge in [-0.05, 0) is 37.4 Å². The van der Waals surface area contributed by atoms with Crippen molar-refractivity contribution in [2.45, 2.75) is 51.7 Å². The second kappa shape index (κ2) is 6.18. The van der Waals surface area contributed by atoms with Gasteiger partial charge in [-0.3, -0.25) is 4.90 Å². The number of benzene rings is 1. The van der Waals surface area contributed by atoms with Crippen LogP contribution in [0.15, 0.2) is 24.3 Å². The fourth-order valence-electron chi connectivity index (χ4n) is 2.70. The maximum atomic E-state index is 5.80. The molecule has 1 fully saturated rings. The monoisotopic (exact) mass is 232 g/mol. The van der Waals surface area contributed by atoms with Crippen molar-refractivity contribution in [1.82, 2.24) is 4.90 Å². The number of nitrogens with two attached hydrogens (primary N) is 1. The lowest BCUT2D eigenvalue weighted by Gasteiger charge is -2.27. The van der Waals surface area contributed by atoms with Crippen LogP contribution in [0.2, 0.25) is 0 Å². The third-order valence-electron chi connectivity index (χ3n) is 3.90. The highest BCUT2D eigenvalue weighted by Crippen LogP contribution is 2.20. The van der Waals surface area contributed by atoms with Crippen LogP contribution in [0.25, 0.3) is 0 Å². The Balaban J connectivity index is 2.07. The number of nitrogens with zero attached hydrogens (tertiary/aromatic N) is 1. The lowest BCUT2D eigenvalue weighted by molar-refractivity contribution is 0.204. The van der Waals surface area contributed by atoms with Crippen LogP contribution in [0.5, 0.6) is 0 Å². The van der Waals surface area contributed by atoms with Crippen molar-refractivity contribution in [1.29, 1.82) is 0 Å². The fourth-order valence-corrected chi connectivity index (χ4v) is 2.70. The number of hydrogen-bond donors (Lipinski definition) is 1. The van der Waals surface area contributed by atoms with E-state index < -0.39 is 0 Å². The molecule has 0 radical (unpaired) electrons. The van der Waals surface area contributed by atoms with E-state index in [4.69, 9.17) is 5.73 Å². The first kappa shape index (κ1) is 12.6. The van der Waals surface area contributed by atoms with Crippen molar-refractivity contribution in [3.05, 3.63) is 35.4 Å².